The van der Waals surface area contributed by atoms with Gasteiger partial charge in [0.25, 0.3) is 0 Å². The molecule has 0 aliphatic carbocycles. The highest BCUT2D eigenvalue weighted by Gasteiger charge is 2.11. The number of nitrogens with zero attached hydrogens (tertiary/aromatic N) is 4. The Morgan fingerprint density at radius 2 is 1.92 bits per heavy atom. The van der Waals surface area contributed by atoms with Crippen molar-refractivity contribution < 1.29 is 4.74 Å². The van der Waals surface area contributed by atoms with E-state index in [2.05, 4.69) is 26.3 Å². The van der Waals surface area contributed by atoms with Gasteiger partial charge in [-0.05, 0) is 30.3 Å². The highest BCUT2D eigenvalue weighted by molar-refractivity contribution is 5.91. The van der Waals surface area contributed by atoms with Crippen LogP contribution in [0.4, 0.5) is 5.82 Å². The molecule has 0 aromatic carbocycles. The molecule has 1 N–H and O–H groups in total. The lowest BCUT2D eigenvalue weighted by Crippen LogP contribution is -2.39. The molecule has 4 rings (SSSR count). The van der Waals surface area contributed by atoms with Crippen molar-refractivity contribution >= 4 is 16.7 Å². The maximum atomic E-state index is 5.40. The second kappa shape index (κ2) is 7.55. The second-order valence-corrected chi connectivity index (χ2v) is 6.04. The van der Waals surface area contributed by atoms with Crippen LogP contribution in [0.25, 0.3) is 22.2 Å². The molecular formula is C19H21N5O. The van der Waals surface area contributed by atoms with E-state index in [1.807, 2.05) is 30.5 Å². The minimum absolute atomic E-state index is 0.822. The lowest BCUT2D eigenvalue weighted by molar-refractivity contribution is 0.0398. The van der Waals surface area contributed by atoms with Gasteiger partial charge in [0.2, 0.25) is 0 Å². The van der Waals surface area contributed by atoms with Gasteiger partial charge in [-0.2, -0.15) is 0 Å². The van der Waals surface area contributed by atoms with Crippen molar-refractivity contribution in [3.8, 4) is 11.3 Å². The monoisotopic (exact) mass is 335 g/mol. The third kappa shape index (κ3) is 3.75. The molecule has 0 unspecified atom stereocenters. The molecule has 0 amide bonds. The molecule has 4 heterocycles. The number of anilines is 1. The first-order chi connectivity index (χ1) is 12.4. The van der Waals surface area contributed by atoms with Crippen molar-refractivity contribution in [2.24, 2.45) is 0 Å². The highest BCUT2D eigenvalue weighted by atomic mass is 16.5. The van der Waals surface area contributed by atoms with E-state index in [1.54, 1.807) is 12.4 Å². The molecule has 1 saturated heterocycles. The number of nitrogens with one attached hydrogen (secondary N) is 1. The van der Waals surface area contributed by atoms with E-state index in [9.17, 15) is 0 Å². The number of aromatic nitrogens is 3. The Kier molecular flexibility index (Phi) is 4.81. The molecule has 0 saturated carbocycles. The van der Waals surface area contributed by atoms with Crippen LogP contribution in [0.3, 0.4) is 0 Å². The quantitative estimate of drug-likeness (QED) is 0.773. The topological polar surface area (TPSA) is 63.2 Å². The molecule has 6 nitrogen and oxygen atoms in total. The maximum absolute atomic E-state index is 5.40. The summed E-state index contributed by atoms with van der Waals surface area (Å²) in [4.78, 5) is 15.8. The van der Waals surface area contributed by atoms with E-state index in [1.165, 1.54) is 0 Å². The Hall–Kier alpha value is -2.57. The van der Waals surface area contributed by atoms with E-state index >= 15 is 0 Å². The van der Waals surface area contributed by atoms with Gasteiger partial charge in [0.05, 0.1) is 24.4 Å². The zero-order chi connectivity index (χ0) is 16.9. The van der Waals surface area contributed by atoms with Crippen LogP contribution >= 0.6 is 0 Å². The number of pyridine rings is 3. The molecule has 3 aromatic rings. The fourth-order valence-electron chi connectivity index (χ4n) is 3.04. The largest absolute Gasteiger partial charge is 0.379 e. The summed E-state index contributed by atoms with van der Waals surface area (Å²) in [5.41, 5.74) is 2.89. The molecule has 0 radical (unpaired) electrons. The summed E-state index contributed by atoms with van der Waals surface area (Å²) in [5.74, 6) is 0.880. The lowest BCUT2D eigenvalue weighted by Gasteiger charge is -2.26. The van der Waals surface area contributed by atoms with Gasteiger partial charge < -0.3 is 10.1 Å². The van der Waals surface area contributed by atoms with Gasteiger partial charge in [0.15, 0.2) is 0 Å². The van der Waals surface area contributed by atoms with E-state index in [-0.39, 0.29) is 0 Å². The lowest BCUT2D eigenvalue weighted by atomic mass is 10.1. The minimum Gasteiger partial charge on any atom is -0.379 e. The van der Waals surface area contributed by atoms with E-state index in [4.69, 9.17) is 9.72 Å². The molecule has 6 heteroatoms. The normalized spacial score (nSPS) is 15.4. The molecule has 0 bridgehead atoms. The molecule has 25 heavy (non-hydrogen) atoms. The average Bonchev–Trinajstić information content (AvgIpc) is 2.69. The van der Waals surface area contributed by atoms with Crippen LogP contribution in [0.15, 0.2) is 48.9 Å². The average molecular weight is 335 g/mol. The van der Waals surface area contributed by atoms with Gasteiger partial charge >= 0.3 is 0 Å². The van der Waals surface area contributed by atoms with Crippen LogP contribution in [0.1, 0.15) is 0 Å². The Labute approximate surface area is 146 Å². The fraction of sp³-hybridized carbons (Fsp3) is 0.316. The summed E-state index contributed by atoms with van der Waals surface area (Å²) in [6, 6.07) is 9.97. The minimum atomic E-state index is 0.822. The summed E-state index contributed by atoms with van der Waals surface area (Å²) in [5, 5.41) is 4.54. The number of hydrogen-bond donors (Lipinski definition) is 1. The van der Waals surface area contributed by atoms with Crippen molar-refractivity contribution in [1.82, 2.24) is 19.9 Å². The molecular weight excluding hydrogens is 314 g/mol. The Bertz CT molecular complexity index is 834. The molecule has 128 valence electrons. The predicted molar refractivity (Wildman–Crippen MR) is 98.5 cm³/mol. The van der Waals surface area contributed by atoms with Gasteiger partial charge in [0, 0.05) is 55.7 Å². The van der Waals surface area contributed by atoms with Crippen molar-refractivity contribution in [3.63, 3.8) is 0 Å². The Balaban J connectivity index is 1.58. The van der Waals surface area contributed by atoms with Gasteiger partial charge in [-0.15, -0.1) is 0 Å². The van der Waals surface area contributed by atoms with Gasteiger partial charge in [-0.25, -0.2) is 4.98 Å². The number of rotatable bonds is 5. The van der Waals surface area contributed by atoms with Crippen LogP contribution in [0, 0.1) is 0 Å². The van der Waals surface area contributed by atoms with Gasteiger partial charge in [-0.3, -0.25) is 14.9 Å². The summed E-state index contributed by atoms with van der Waals surface area (Å²) in [6.07, 6.45) is 5.38. The number of fused-ring (bicyclic) bond motifs is 1. The summed E-state index contributed by atoms with van der Waals surface area (Å²) >= 11 is 0. The molecule has 0 spiro atoms. The second-order valence-electron chi connectivity index (χ2n) is 6.04. The van der Waals surface area contributed by atoms with Crippen molar-refractivity contribution in [2.45, 2.75) is 0 Å². The number of ether oxygens (including phenoxy) is 1. The van der Waals surface area contributed by atoms with Crippen LogP contribution in [0.5, 0.6) is 0 Å². The first kappa shape index (κ1) is 15.9. The van der Waals surface area contributed by atoms with Crippen LogP contribution in [-0.4, -0.2) is 59.2 Å². The summed E-state index contributed by atoms with van der Waals surface area (Å²) < 4.78 is 5.40. The SMILES string of the molecule is c1cnc2cc(-c3ccncc3)nc(NCCN3CCOCC3)c2c1. The molecule has 1 aliphatic rings. The molecule has 1 aliphatic heterocycles. The van der Waals surface area contributed by atoms with Crippen molar-refractivity contribution in [3.05, 3.63) is 48.9 Å². The Morgan fingerprint density at radius 1 is 1.08 bits per heavy atom. The maximum Gasteiger partial charge on any atom is 0.136 e. The first-order valence-electron chi connectivity index (χ1n) is 8.60. The Morgan fingerprint density at radius 3 is 2.76 bits per heavy atom. The van der Waals surface area contributed by atoms with Crippen molar-refractivity contribution in [1.29, 1.82) is 0 Å². The van der Waals surface area contributed by atoms with Crippen LogP contribution < -0.4 is 5.32 Å². The van der Waals surface area contributed by atoms with E-state index in [0.717, 1.165) is 67.4 Å². The summed E-state index contributed by atoms with van der Waals surface area (Å²) in [6.45, 7) is 5.46. The highest BCUT2D eigenvalue weighted by Crippen LogP contribution is 2.26. The fourth-order valence-corrected chi connectivity index (χ4v) is 3.04. The van der Waals surface area contributed by atoms with E-state index < -0.39 is 0 Å². The van der Waals surface area contributed by atoms with Gasteiger partial charge in [-0.1, -0.05) is 0 Å². The first-order valence-corrected chi connectivity index (χ1v) is 8.60. The predicted octanol–water partition coefficient (Wildman–Crippen LogP) is 2.44. The smallest absolute Gasteiger partial charge is 0.136 e. The van der Waals surface area contributed by atoms with Gasteiger partial charge in [0.1, 0.15) is 5.82 Å². The van der Waals surface area contributed by atoms with E-state index in [0.29, 0.717) is 0 Å². The molecule has 0 atom stereocenters. The van der Waals surface area contributed by atoms with Crippen LogP contribution in [0.2, 0.25) is 0 Å². The third-order valence-corrected chi connectivity index (χ3v) is 4.40. The zero-order valence-corrected chi connectivity index (χ0v) is 14.1. The number of hydrogen-bond acceptors (Lipinski definition) is 6. The third-order valence-electron chi connectivity index (χ3n) is 4.40. The summed E-state index contributed by atoms with van der Waals surface area (Å²) in [7, 11) is 0. The van der Waals surface area contributed by atoms with Crippen LogP contribution in [-0.2, 0) is 4.74 Å². The molecule has 3 aromatic heterocycles. The number of morpholine rings is 1. The standard InChI is InChI=1S/C19H21N5O/c1-2-16-18(21-5-1)14-17(15-3-6-20-7-4-15)23-19(16)22-8-9-24-10-12-25-13-11-24/h1-7,14H,8-13H2,(H,22,23). The zero-order valence-electron chi connectivity index (χ0n) is 14.1. The molecule has 1 fully saturated rings. The van der Waals surface area contributed by atoms with Crippen molar-refractivity contribution in [2.75, 3.05) is 44.7 Å².